The molecule has 3 N–H and O–H groups in total. The second-order valence-corrected chi connectivity index (χ2v) is 9.93. The number of phosphoric acid groups is 1. The maximum Gasteiger partial charge on any atom is 0.530 e. The van der Waals surface area contributed by atoms with E-state index in [9.17, 15) is 9.67 Å². The van der Waals surface area contributed by atoms with Crippen LogP contribution < -0.4 is 10.3 Å². The molecule has 1 saturated heterocycles. The molecule has 1 aliphatic carbocycles. The van der Waals surface area contributed by atoms with Crippen LogP contribution in [0.1, 0.15) is 19.3 Å². The van der Waals surface area contributed by atoms with Crippen LogP contribution in [0, 0.1) is 0 Å². The molecule has 2 fully saturated rings. The lowest BCUT2D eigenvalue weighted by Crippen LogP contribution is -2.39. The van der Waals surface area contributed by atoms with Gasteiger partial charge in [0.15, 0.2) is 10.9 Å². The fourth-order valence-corrected chi connectivity index (χ4v) is 6.45. The zero-order valence-corrected chi connectivity index (χ0v) is 17.0. The molecule has 4 rings (SSSR count). The molecule has 2 unspecified atom stereocenters. The lowest BCUT2D eigenvalue weighted by Gasteiger charge is -2.39. The van der Waals surface area contributed by atoms with Crippen molar-refractivity contribution in [3.63, 3.8) is 0 Å². The highest BCUT2D eigenvalue weighted by molar-refractivity contribution is 9.13. The van der Waals surface area contributed by atoms with E-state index in [0.717, 1.165) is 9.17 Å². The molecule has 0 radical (unpaired) electrons. The number of fused-ring (bicyclic) bond motifs is 3. The van der Waals surface area contributed by atoms with Crippen molar-refractivity contribution in [1.82, 2.24) is 4.98 Å². The minimum atomic E-state index is -3.79. The summed E-state index contributed by atoms with van der Waals surface area (Å²) in [6, 6.07) is 1.65. The predicted octanol–water partition coefficient (Wildman–Crippen LogP) is 4.22. The Morgan fingerprint density at radius 2 is 2.00 bits per heavy atom. The maximum atomic E-state index is 12.9. The summed E-state index contributed by atoms with van der Waals surface area (Å²) in [5.74, 6) is 0.275. The fraction of sp³-hybridized carbons (Fsp3) is 0.462. The van der Waals surface area contributed by atoms with Crippen molar-refractivity contribution >= 4 is 66.4 Å². The molecule has 1 saturated carbocycles. The number of rotatable bonds is 2. The van der Waals surface area contributed by atoms with Gasteiger partial charge in [0.2, 0.25) is 0 Å². The van der Waals surface area contributed by atoms with Crippen molar-refractivity contribution in [1.29, 1.82) is 0 Å². The first-order chi connectivity index (χ1) is 11.3. The summed E-state index contributed by atoms with van der Waals surface area (Å²) in [4.78, 5) is 4.24. The topological polar surface area (TPSA) is 104 Å². The fourth-order valence-electron chi connectivity index (χ4n) is 2.99. The van der Waals surface area contributed by atoms with Crippen LogP contribution in [0.5, 0.6) is 5.75 Å². The number of nitrogens with zero attached hydrogens (tertiary/aromatic N) is 1. The van der Waals surface area contributed by atoms with Crippen LogP contribution in [0.15, 0.2) is 15.0 Å². The molecule has 0 spiro atoms. The zero-order valence-electron chi connectivity index (χ0n) is 12.1. The van der Waals surface area contributed by atoms with Crippen molar-refractivity contribution in [3.8, 4) is 5.75 Å². The number of phosphoric ester groups is 1. The Balaban J connectivity index is 1.69. The van der Waals surface area contributed by atoms with Gasteiger partial charge < -0.3 is 15.4 Å². The second-order valence-electron chi connectivity index (χ2n) is 5.75. The summed E-state index contributed by atoms with van der Waals surface area (Å²) in [5, 5.41) is 10.1. The first-order valence-corrected chi connectivity index (χ1v) is 11.1. The Morgan fingerprint density at radius 3 is 2.67 bits per heavy atom. The van der Waals surface area contributed by atoms with E-state index in [2.05, 4.69) is 36.8 Å². The van der Waals surface area contributed by atoms with Gasteiger partial charge in [-0.25, -0.2) is 9.55 Å². The van der Waals surface area contributed by atoms with Crippen molar-refractivity contribution < 1.29 is 23.2 Å². The molecule has 7 nitrogen and oxygen atoms in total. The molecular formula is C13H13Br2N2O5PS. The molecular weight excluding hydrogens is 487 g/mol. The average molecular weight is 500 g/mol. The van der Waals surface area contributed by atoms with Gasteiger partial charge in [0.25, 0.3) is 0 Å². The van der Waals surface area contributed by atoms with Crippen molar-refractivity contribution in [2.45, 2.75) is 37.6 Å². The number of nitrogens with two attached hydrogens (primary N) is 1. The van der Waals surface area contributed by atoms with E-state index in [1.807, 2.05) is 0 Å². The molecule has 1 aromatic carbocycles. The first kappa shape index (κ1) is 17.2. The third-order valence-electron chi connectivity index (χ3n) is 3.91. The SMILES string of the molecule is Nc1nc2c(OP3(=O)OC4CC(O)CC(C4)O3)cc(Br)c(Br)c2s1. The number of thiazole rings is 1. The van der Waals surface area contributed by atoms with Crippen LogP contribution >= 0.6 is 51.0 Å². The Morgan fingerprint density at radius 1 is 1.33 bits per heavy atom. The number of hydrogen-bond donors (Lipinski definition) is 2. The summed E-state index contributed by atoms with van der Waals surface area (Å²) < 4.78 is 31.9. The van der Waals surface area contributed by atoms with Crippen LogP contribution in [0.25, 0.3) is 10.2 Å². The van der Waals surface area contributed by atoms with E-state index in [4.69, 9.17) is 19.3 Å². The summed E-state index contributed by atoms with van der Waals surface area (Å²) in [6.45, 7) is 0. The van der Waals surface area contributed by atoms with Gasteiger partial charge in [-0.05, 0) is 37.9 Å². The predicted molar refractivity (Wildman–Crippen MR) is 97.3 cm³/mol. The van der Waals surface area contributed by atoms with Crippen LogP contribution in [-0.2, 0) is 13.6 Å². The lowest BCUT2D eigenvalue weighted by atomic mass is 9.93. The summed E-state index contributed by atoms with van der Waals surface area (Å²) >= 11 is 8.18. The van der Waals surface area contributed by atoms with Crippen molar-refractivity contribution in [2.75, 3.05) is 5.73 Å². The van der Waals surface area contributed by atoms with Crippen LogP contribution in [-0.4, -0.2) is 28.4 Å². The van der Waals surface area contributed by atoms with Gasteiger partial charge in [0.05, 0.1) is 27.5 Å². The third-order valence-corrected chi connectivity index (χ3v) is 8.58. The van der Waals surface area contributed by atoms with Gasteiger partial charge in [0, 0.05) is 23.7 Å². The Bertz CT molecular complexity index is 840. The van der Waals surface area contributed by atoms with Gasteiger partial charge in [-0.15, -0.1) is 0 Å². The van der Waals surface area contributed by atoms with Crippen LogP contribution in [0.4, 0.5) is 5.13 Å². The van der Waals surface area contributed by atoms with E-state index in [1.54, 1.807) is 6.07 Å². The molecule has 0 amide bonds. The normalized spacial score (nSPS) is 32.9. The first-order valence-electron chi connectivity index (χ1n) is 7.21. The molecule has 2 atom stereocenters. The highest BCUT2D eigenvalue weighted by Gasteiger charge is 2.46. The molecule has 2 heterocycles. The quantitative estimate of drug-likeness (QED) is 0.596. The largest absolute Gasteiger partial charge is 0.530 e. The number of aliphatic hydroxyl groups is 1. The Hall–Kier alpha value is -0.220. The molecule has 1 aromatic heterocycles. The molecule has 24 heavy (non-hydrogen) atoms. The molecule has 130 valence electrons. The standard InChI is InChI=1S/C13H13Br2N2O5PS/c14-8-4-9(11-12(10(8)15)24-13(16)17-11)22-23(19)20-6-1-5(18)2-7(3-6)21-23/h4-7,18H,1-3H2,(H2,16,17). The molecule has 2 bridgehead atoms. The molecule has 2 aliphatic rings. The third kappa shape index (κ3) is 3.13. The smallest absolute Gasteiger partial charge is 0.402 e. The summed E-state index contributed by atoms with van der Waals surface area (Å²) in [5.41, 5.74) is 6.28. The maximum absolute atomic E-state index is 12.9. The van der Waals surface area contributed by atoms with Crippen molar-refractivity contribution in [2.24, 2.45) is 0 Å². The van der Waals surface area contributed by atoms with Crippen LogP contribution in [0.2, 0.25) is 0 Å². The van der Waals surface area contributed by atoms with Gasteiger partial charge >= 0.3 is 7.82 Å². The number of halogens is 2. The summed E-state index contributed by atoms with van der Waals surface area (Å²) in [6.07, 6.45) is 0.274. The average Bonchev–Trinajstić information content (AvgIpc) is 2.85. The zero-order chi connectivity index (χ0) is 17.1. The van der Waals surface area contributed by atoms with E-state index < -0.39 is 13.9 Å². The highest BCUT2D eigenvalue weighted by Crippen LogP contribution is 2.59. The van der Waals surface area contributed by atoms with E-state index in [0.29, 0.717) is 34.4 Å². The lowest BCUT2D eigenvalue weighted by molar-refractivity contribution is -0.0646. The molecule has 2 aromatic rings. The van der Waals surface area contributed by atoms with E-state index in [1.165, 1.54) is 11.3 Å². The number of aromatic nitrogens is 1. The molecule has 11 heteroatoms. The number of anilines is 1. The summed E-state index contributed by atoms with van der Waals surface area (Å²) in [7, 11) is -3.79. The van der Waals surface area contributed by atoms with E-state index >= 15 is 0 Å². The molecule has 1 aliphatic heterocycles. The van der Waals surface area contributed by atoms with Gasteiger partial charge in [0.1, 0.15) is 5.52 Å². The minimum Gasteiger partial charge on any atom is -0.402 e. The number of benzene rings is 1. The minimum absolute atomic E-state index is 0.275. The van der Waals surface area contributed by atoms with Gasteiger partial charge in [-0.2, -0.15) is 0 Å². The van der Waals surface area contributed by atoms with Gasteiger partial charge in [-0.1, -0.05) is 11.3 Å². The number of nitrogen functional groups attached to an aromatic ring is 1. The number of hydrogen-bond acceptors (Lipinski definition) is 8. The van der Waals surface area contributed by atoms with Crippen molar-refractivity contribution in [3.05, 3.63) is 15.0 Å². The second kappa shape index (κ2) is 6.19. The Kier molecular flexibility index (Phi) is 4.44. The Labute approximate surface area is 158 Å². The van der Waals surface area contributed by atoms with Crippen LogP contribution in [0.3, 0.4) is 0 Å². The monoisotopic (exact) mass is 498 g/mol. The number of aliphatic hydroxyl groups excluding tert-OH is 1. The van der Waals surface area contributed by atoms with Gasteiger partial charge in [-0.3, -0.25) is 9.05 Å². The van der Waals surface area contributed by atoms with E-state index in [-0.39, 0.29) is 18.0 Å². The highest BCUT2D eigenvalue weighted by atomic mass is 79.9.